The largest absolute Gasteiger partial charge is 0.496 e. The molecule has 6 heteroatoms. The summed E-state index contributed by atoms with van der Waals surface area (Å²) in [5.41, 5.74) is 5.54. The summed E-state index contributed by atoms with van der Waals surface area (Å²) in [6.45, 7) is 5.07. The van der Waals surface area contributed by atoms with Crippen LogP contribution in [0.1, 0.15) is 28.7 Å². The van der Waals surface area contributed by atoms with Gasteiger partial charge in [0.05, 0.1) is 13.7 Å². The summed E-state index contributed by atoms with van der Waals surface area (Å²) in [6, 6.07) is 12.3. The van der Waals surface area contributed by atoms with Gasteiger partial charge in [-0.3, -0.25) is 9.69 Å². The van der Waals surface area contributed by atoms with E-state index in [1.165, 1.54) is 16.7 Å². The van der Waals surface area contributed by atoms with Crippen molar-refractivity contribution in [1.29, 1.82) is 0 Å². The van der Waals surface area contributed by atoms with E-state index in [9.17, 15) is 9.70 Å². The van der Waals surface area contributed by atoms with Crippen LogP contribution in [0.4, 0.5) is 5.69 Å². The third-order valence-electron chi connectivity index (χ3n) is 6.41. The lowest BCUT2D eigenvalue weighted by atomic mass is 9.86. The Morgan fingerprint density at radius 2 is 2.00 bits per heavy atom. The smallest absolute Gasteiger partial charge is 0.237 e. The summed E-state index contributed by atoms with van der Waals surface area (Å²) in [7, 11) is 1.60. The second-order valence-electron chi connectivity index (χ2n) is 8.37. The summed E-state index contributed by atoms with van der Waals surface area (Å²) >= 11 is 0. The summed E-state index contributed by atoms with van der Waals surface area (Å²) in [5.74, 6) is 0.905. The zero-order chi connectivity index (χ0) is 21.1. The molecule has 2 aliphatic rings. The maximum absolute atomic E-state index is 12.9. The molecule has 1 unspecified atom stereocenters. The van der Waals surface area contributed by atoms with Crippen LogP contribution in [-0.2, 0) is 24.1 Å². The summed E-state index contributed by atoms with van der Waals surface area (Å²) in [4.78, 5) is 27.9. The molecule has 0 spiro atoms. The Hall–Kier alpha value is -2.73. The van der Waals surface area contributed by atoms with Gasteiger partial charge in [-0.2, -0.15) is 0 Å². The van der Waals surface area contributed by atoms with E-state index in [2.05, 4.69) is 40.1 Å². The molecule has 0 bridgehead atoms. The molecule has 1 heterocycles. The molecule has 1 amide bonds. The maximum atomic E-state index is 12.9. The van der Waals surface area contributed by atoms with Gasteiger partial charge in [0, 0.05) is 31.7 Å². The fourth-order valence-corrected chi connectivity index (χ4v) is 4.72. The van der Waals surface area contributed by atoms with Crippen molar-refractivity contribution in [3.05, 3.63) is 63.6 Å². The molecule has 0 aromatic heterocycles. The molecule has 0 radical (unpaired) electrons. The van der Waals surface area contributed by atoms with Gasteiger partial charge in [-0.05, 0) is 60.5 Å². The first-order chi connectivity index (χ1) is 14.6. The highest BCUT2D eigenvalue weighted by molar-refractivity contribution is 5.79. The summed E-state index contributed by atoms with van der Waals surface area (Å²) in [6.07, 6.45) is 3.85. The highest BCUT2D eigenvalue weighted by Gasteiger charge is 2.31. The van der Waals surface area contributed by atoms with E-state index in [4.69, 9.17) is 4.74 Å². The minimum Gasteiger partial charge on any atom is -0.496 e. The fraction of sp³-hybridized carbons (Fsp3) is 0.458. The third kappa shape index (κ3) is 4.38. The molecular weight excluding hydrogens is 378 g/mol. The highest BCUT2D eigenvalue weighted by atomic mass is 16.5. The molecule has 2 aromatic rings. The number of ether oxygens (including phenoxy) is 1. The quantitative estimate of drug-likeness (QED) is 0.686. The standard InChI is InChI=1S/C24H29N3O3/c1-17-3-4-20-14-22(8-6-19(20)13-17)27-12-11-26(16-24(27)28)10-9-18-5-7-21(25-29)15-23(18)30-2/h3-5,7,13,15,22H,6,8-12,14,16H2,1-2H3. The lowest BCUT2D eigenvalue weighted by Crippen LogP contribution is -2.55. The van der Waals surface area contributed by atoms with Gasteiger partial charge >= 0.3 is 0 Å². The van der Waals surface area contributed by atoms with E-state index in [0.29, 0.717) is 24.0 Å². The van der Waals surface area contributed by atoms with Crippen molar-refractivity contribution >= 4 is 11.6 Å². The van der Waals surface area contributed by atoms with Gasteiger partial charge in [-0.25, -0.2) is 0 Å². The number of fused-ring (bicyclic) bond motifs is 1. The number of carbonyl (C=O) groups excluding carboxylic acids is 1. The highest BCUT2D eigenvalue weighted by Crippen LogP contribution is 2.28. The van der Waals surface area contributed by atoms with Crippen molar-refractivity contribution in [2.24, 2.45) is 5.18 Å². The van der Waals surface area contributed by atoms with Crippen LogP contribution in [0.15, 0.2) is 41.6 Å². The Morgan fingerprint density at radius 1 is 1.13 bits per heavy atom. The number of hydrogen-bond acceptors (Lipinski definition) is 5. The summed E-state index contributed by atoms with van der Waals surface area (Å²) in [5, 5.41) is 2.96. The van der Waals surface area contributed by atoms with Crippen molar-refractivity contribution in [3.8, 4) is 5.75 Å². The van der Waals surface area contributed by atoms with E-state index in [-0.39, 0.29) is 5.91 Å². The molecule has 30 heavy (non-hydrogen) atoms. The lowest BCUT2D eigenvalue weighted by molar-refractivity contribution is -0.138. The van der Waals surface area contributed by atoms with Crippen LogP contribution < -0.4 is 4.74 Å². The van der Waals surface area contributed by atoms with Crippen LogP contribution >= 0.6 is 0 Å². The Morgan fingerprint density at radius 3 is 2.77 bits per heavy atom. The van der Waals surface area contributed by atoms with Crippen molar-refractivity contribution in [2.75, 3.05) is 33.3 Å². The second-order valence-corrected chi connectivity index (χ2v) is 8.37. The molecule has 4 rings (SSSR count). The van der Waals surface area contributed by atoms with Crippen LogP contribution in [0.5, 0.6) is 5.75 Å². The number of carbonyl (C=O) groups is 1. The van der Waals surface area contributed by atoms with Crippen molar-refractivity contribution < 1.29 is 9.53 Å². The van der Waals surface area contributed by atoms with Gasteiger partial charge < -0.3 is 9.64 Å². The number of nitrogens with zero attached hydrogens (tertiary/aromatic N) is 3. The number of hydrogen-bond donors (Lipinski definition) is 0. The molecule has 158 valence electrons. The minimum absolute atomic E-state index is 0.231. The SMILES string of the molecule is COc1cc(N=O)ccc1CCN1CCN(C2CCc3cc(C)ccc3C2)C(=O)C1. The fourth-order valence-electron chi connectivity index (χ4n) is 4.72. The van der Waals surface area contributed by atoms with Gasteiger partial charge in [0.25, 0.3) is 0 Å². The molecule has 0 saturated carbocycles. The van der Waals surface area contributed by atoms with Crippen LogP contribution in [0.2, 0.25) is 0 Å². The molecule has 1 atom stereocenters. The zero-order valence-electron chi connectivity index (χ0n) is 17.8. The number of rotatable bonds is 6. The van der Waals surface area contributed by atoms with Gasteiger partial charge in [0.1, 0.15) is 11.4 Å². The zero-order valence-corrected chi connectivity index (χ0v) is 17.8. The first kappa shape index (κ1) is 20.5. The van der Waals surface area contributed by atoms with Gasteiger partial charge in [0.2, 0.25) is 5.91 Å². The van der Waals surface area contributed by atoms with E-state index >= 15 is 0 Å². The van der Waals surface area contributed by atoms with Gasteiger partial charge in [0.15, 0.2) is 0 Å². The van der Waals surface area contributed by atoms with E-state index < -0.39 is 0 Å². The number of amides is 1. The topological polar surface area (TPSA) is 62.2 Å². The van der Waals surface area contributed by atoms with E-state index in [0.717, 1.165) is 50.9 Å². The first-order valence-electron chi connectivity index (χ1n) is 10.7. The molecule has 1 fully saturated rings. The van der Waals surface area contributed by atoms with E-state index in [1.807, 2.05) is 6.07 Å². The number of aryl methyl sites for hydroxylation is 2. The Balaban J connectivity index is 1.33. The molecule has 2 aromatic carbocycles. The number of benzene rings is 2. The monoisotopic (exact) mass is 407 g/mol. The van der Waals surface area contributed by atoms with Crippen molar-refractivity contribution in [3.63, 3.8) is 0 Å². The predicted octanol–water partition coefficient (Wildman–Crippen LogP) is 3.65. The second kappa shape index (κ2) is 8.96. The van der Waals surface area contributed by atoms with Crippen LogP contribution in [0, 0.1) is 11.8 Å². The van der Waals surface area contributed by atoms with Crippen LogP contribution in [0.3, 0.4) is 0 Å². The molecule has 0 N–H and O–H groups in total. The predicted molar refractivity (Wildman–Crippen MR) is 117 cm³/mol. The molecule has 1 aliphatic heterocycles. The average Bonchev–Trinajstić information content (AvgIpc) is 2.77. The van der Waals surface area contributed by atoms with Crippen LogP contribution in [-0.4, -0.2) is 55.0 Å². The maximum Gasteiger partial charge on any atom is 0.237 e. The van der Waals surface area contributed by atoms with Gasteiger partial charge in [-0.15, -0.1) is 4.91 Å². The Kier molecular flexibility index (Phi) is 6.13. The minimum atomic E-state index is 0.231. The summed E-state index contributed by atoms with van der Waals surface area (Å²) < 4.78 is 5.39. The van der Waals surface area contributed by atoms with Crippen molar-refractivity contribution in [1.82, 2.24) is 9.80 Å². The van der Waals surface area contributed by atoms with Crippen molar-refractivity contribution in [2.45, 2.75) is 38.6 Å². The molecule has 6 nitrogen and oxygen atoms in total. The Labute approximate surface area is 177 Å². The Bertz CT molecular complexity index is 943. The molecular formula is C24H29N3O3. The number of nitroso groups, excluding NO2 is 1. The van der Waals surface area contributed by atoms with E-state index in [1.54, 1.807) is 19.2 Å². The normalized spacial score (nSPS) is 19.5. The average molecular weight is 408 g/mol. The van der Waals surface area contributed by atoms with Gasteiger partial charge in [-0.1, -0.05) is 29.8 Å². The number of piperazine rings is 1. The lowest BCUT2D eigenvalue weighted by Gasteiger charge is -2.41. The van der Waals surface area contributed by atoms with Crippen LogP contribution in [0.25, 0.3) is 0 Å². The molecule has 1 aliphatic carbocycles. The first-order valence-corrected chi connectivity index (χ1v) is 10.7. The molecule has 1 saturated heterocycles. The number of methoxy groups -OCH3 is 1. The third-order valence-corrected chi connectivity index (χ3v) is 6.41.